The highest BCUT2D eigenvalue weighted by molar-refractivity contribution is 5.89. The average molecular weight is 251 g/mol. The standard InChI is InChI=1S/C13H17NO4/c1-13(2,3)18-12(17)14-8-9-6-4-5-7-10(9)11(15)16/h4-7H,8H2,1-3H3,(H,14,17)(H,15,16). The second-order valence-corrected chi connectivity index (χ2v) is 4.82. The monoisotopic (exact) mass is 251 g/mol. The zero-order chi connectivity index (χ0) is 13.8. The molecule has 0 aliphatic heterocycles. The van der Waals surface area contributed by atoms with Crippen LogP contribution in [0, 0.1) is 0 Å². The zero-order valence-electron chi connectivity index (χ0n) is 10.7. The number of carbonyl (C=O) groups excluding carboxylic acids is 1. The summed E-state index contributed by atoms with van der Waals surface area (Å²) in [5.41, 5.74) is 0.139. The third kappa shape index (κ3) is 4.45. The number of alkyl carbamates (subject to hydrolysis) is 1. The van der Waals surface area contributed by atoms with Crippen molar-refractivity contribution < 1.29 is 19.4 Å². The van der Waals surface area contributed by atoms with Crippen molar-refractivity contribution in [3.8, 4) is 0 Å². The van der Waals surface area contributed by atoms with E-state index in [1.807, 2.05) is 0 Å². The molecule has 1 aromatic carbocycles. The van der Waals surface area contributed by atoms with Crippen LogP contribution in [0.5, 0.6) is 0 Å². The van der Waals surface area contributed by atoms with E-state index in [0.717, 1.165) is 0 Å². The predicted molar refractivity (Wildman–Crippen MR) is 66.5 cm³/mol. The summed E-state index contributed by atoms with van der Waals surface area (Å²) in [6.45, 7) is 5.41. The number of hydrogen-bond donors (Lipinski definition) is 2. The Balaban J connectivity index is 2.64. The van der Waals surface area contributed by atoms with Gasteiger partial charge < -0.3 is 15.2 Å². The number of ether oxygens (including phenoxy) is 1. The molecule has 0 aliphatic carbocycles. The van der Waals surface area contributed by atoms with Crippen molar-refractivity contribution in [1.82, 2.24) is 5.32 Å². The maximum atomic E-state index is 11.4. The van der Waals surface area contributed by atoms with Gasteiger partial charge in [0.15, 0.2) is 0 Å². The van der Waals surface area contributed by atoms with Crippen molar-refractivity contribution in [2.75, 3.05) is 0 Å². The van der Waals surface area contributed by atoms with Gasteiger partial charge in [-0.2, -0.15) is 0 Å². The van der Waals surface area contributed by atoms with E-state index >= 15 is 0 Å². The molecule has 0 spiro atoms. The summed E-state index contributed by atoms with van der Waals surface area (Å²) in [5.74, 6) is -1.02. The maximum absolute atomic E-state index is 11.4. The minimum absolute atomic E-state index is 0.122. The van der Waals surface area contributed by atoms with Crippen LogP contribution in [0.3, 0.4) is 0 Å². The normalized spacial score (nSPS) is 10.8. The number of benzene rings is 1. The Morgan fingerprint density at radius 2 is 1.89 bits per heavy atom. The van der Waals surface area contributed by atoms with Crippen molar-refractivity contribution >= 4 is 12.1 Å². The van der Waals surface area contributed by atoms with Gasteiger partial charge in [-0.3, -0.25) is 0 Å². The molecular weight excluding hydrogens is 234 g/mol. The smallest absolute Gasteiger partial charge is 0.407 e. The molecule has 0 radical (unpaired) electrons. The van der Waals surface area contributed by atoms with E-state index < -0.39 is 17.7 Å². The molecule has 98 valence electrons. The van der Waals surface area contributed by atoms with Crippen molar-refractivity contribution in [3.05, 3.63) is 35.4 Å². The molecule has 0 atom stereocenters. The molecule has 1 aromatic rings. The maximum Gasteiger partial charge on any atom is 0.407 e. The second-order valence-electron chi connectivity index (χ2n) is 4.82. The third-order valence-corrected chi connectivity index (χ3v) is 2.07. The lowest BCUT2D eigenvalue weighted by Gasteiger charge is -2.19. The SMILES string of the molecule is CC(C)(C)OC(=O)NCc1ccccc1C(=O)O. The van der Waals surface area contributed by atoms with Crippen LogP contribution in [0.15, 0.2) is 24.3 Å². The van der Waals surface area contributed by atoms with Gasteiger partial charge in [0, 0.05) is 6.54 Å². The molecule has 0 aliphatic rings. The van der Waals surface area contributed by atoms with E-state index in [4.69, 9.17) is 9.84 Å². The molecule has 2 N–H and O–H groups in total. The molecular formula is C13H17NO4. The molecule has 0 unspecified atom stereocenters. The fourth-order valence-corrected chi connectivity index (χ4v) is 1.36. The summed E-state index contributed by atoms with van der Waals surface area (Å²) < 4.78 is 5.06. The van der Waals surface area contributed by atoms with Crippen LogP contribution in [0.4, 0.5) is 4.79 Å². The second kappa shape index (κ2) is 5.53. The Hall–Kier alpha value is -2.04. The number of hydrogen-bond acceptors (Lipinski definition) is 3. The molecule has 0 bridgehead atoms. The van der Waals surface area contributed by atoms with Crippen LogP contribution in [-0.2, 0) is 11.3 Å². The number of carbonyl (C=O) groups is 2. The summed E-state index contributed by atoms with van der Waals surface area (Å²) in [7, 11) is 0. The largest absolute Gasteiger partial charge is 0.478 e. The van der Waals surface area contributed by atoms with Gasteiger partial charge in [-0.1, -0.05) is 18.2 Å². The minimum atomic E-state index is -1.02. The van der Waals surface area contributed by atoms with Gasteiger partial charge >= 0.3 is 12.1 Å². The van der Waals surface area contributed by atoms with Crippen LogP contribution in [0.2, 0.25) is 0 Å². The fourth-order valence-electron chi connectivity index (χ4n) is 1.36. The van der Waals surface area contributed by atoms with Crippen molar-refractivity contribution in [3.63, 3.8) is 0 Å². The summed E-state index contributed by atoms with van der Waals surface area (Å²) in [5, 5.41) is 11.5. The van der Waals surface area contributed by atoms with Crippen LogP contribution in [0.1, 0.15) is 36.7 Å². The molecule has 1 amide bonds. The summed E-state index contributed by atoms with van der Waals surface area (Å²) >= 11 is 0. The van der Waals surface area contributed by atoms with Gasteiger partial charge in [-0.15, -0.1) is 0 Å². The average Bonchev–Trinajstić information content (AvgIpc) is 2.24. The van der Waals surface area contributed by atoms with E-state index in [1.54, 1.807) is 39.0 Å². The Morgan fingerprint density at radius 3 is 2.44 bits per heavy atom. The van der Waals surface area contributed by atoms with Crippen molar-refractivity contribution in [2.24, 2.45) is 0 Å². The first-order valence-electron chi connectivity index (χ1n) is 5.57. The van der Waals surface area contributed by atoms with Crippen LogP contribution in [-0.4, -0.2) is 22.8 Å². The quantitative estimate of drug-likeness (QED) is 0.865. The fraction of sp³-hybridized carbons (Fsp3) is 0.385. The first-order valence-corrected chi connectivity index (χ1v) is 5.57. The highest BCUT2D eigenvalue weighted by Crippen LogP contribution is 2.10. The van der Waals surface area contributed by atoms with Gasteiger partial charge in [0.25, 0.3) is 0 Å². The number of rotatable bonds is 3. The number of nitrogens with one attached hydrogen (secondary N) is 1. The molecule has 18 heavy (non-hydrogen) atoms. The topological polar surface area (TPSA) is 75.6 Å². The summed E-state index contributed by atoms with van der Waals surface area (Å²) in [6, 6.07) is 6.51. The molecule has 0 saturated heterocycles. The van der Waals surface area contributed by atoms with Gasteiger partial charge in [-0.05, 0) is 32.4 Å². The van der Waals surface area contributed by atoms with E-state index in [2.05, 4.69) is 5.32 Å². The number of aromatic carboxylic acids is 1. The Bertz CT molecular complexity index is 449. The number of carboxylic acid groups (broad SMARTS) is 1. The predicted octanol–water partition coefficient (Wildman–Crippen LogP) is 2.41. The van der Waals surface area contributed by atoms with E-state index in [0.29, 0.717) is 5.56 Å². The number of carboxylic acids is 1. The Kier molecular flexibility index (Phi) is 4.31. The highest BCUT2D eigenvalue weighted by Gasteiger charge is 2.16. The summed E-state index contributed by atoms with van der Waals surface area (Å²) in [6.07, 6.45) is -0.567. The van der Waals surface area contributed by atoms with Crippen molar-refractivity contribution in [2.45, 2.75) is 32.9 Å². The first-order chi connectivity index (χ1) is 8.29. The van der Waals surface area contributed by atoms with Gasteiger partial charge in [0.2, 0.25) is 0 Å². The van der Waals surface area contributed by atoms with Gasteiger partial charge in [0.1, 0.15) is 5.60 Å². The molecule has 5 heteroatoms. The minimum Gasteiger partial charge on any atom is -0.478 e. The molecule has 0 aromatic heterocycles. The van der Waals surface area contributed by atoms with Crippen molar-refractivity contribution in [1.29, 1.82) is 0 Å². The molecule has 0 saturated carbocycles. The highest BCUT2D eigenvalue weighted by atomic mass is 16.6. The number of amides is 1. The Morgan fingerprint density at radius 1 is 1.28 bits per heavy atom. The summed E-state index contributed by atoms with van der Waals surface area (Å²) in [4.78, 5) is 22.4. The third-order valence-electron chi connectivity index (χ3n) is 2.07. The zero-order valence-corrected chi connectivity index (χ0v) is 10.7. The van der Waals surface area contributed by atoms with E-state index in [9.17, 15) is 9.59 Å². The van der Waals surface area contributed by atoms with Crippen LogP contribution >= 0.6 is 0 Å². The first kappa shape index (κ1) is 14.0. The molecule has 1 rings (SSSR count). The van der Waals surface area contributed by atoms with Gasteiger partial charge in [-0.25, -0.2) is 9.59 Å². The van der Waals surface area contributed by atoms with Crippen LogP contribution in [0.25, 0.3) is 0 Å². The van der Waals surface area contributed by atoms with Crippen LogP contribution < -0.4 is 5.32 Å². The lowest BCUT2D eigenvalue weighted by molar-refractivity contribution is 0.0521. The lowest BCUT2D eigenvalue weighted by atomic mass is 10.1. The van der Waals surface area contributed by atoms with Gasteiger partial charge in [0.05, 0.1) is 5.56 Å². The molecule has 0 heterocycles. The molecule has 0 fully saturated rings. The Labute approximate surface area is 106 Å². The van der Waals surface area contributed by atoms with E-state index in [-0.39, 0.29) is 12.1 Å². The van der Waals surface area contributed by atoms with E-state index in [1.165, 1.54) is 6.07 Å². The lowest BCUT2D eigenvalue weighted by Crippen LogP contribution is -2.32. The molecule has 5 nitrogen and oxygen atoms in total.